The number of hydrogen-bond donors (Lipinski definition) is 0. The van der Waals surface area contributed by atoms with Gasteiger partial charge in [-0.25, -0.2) is 14.6 Å². The number of rotatable bonds is 4. The Balaban J connectivity index is 1.44. The molecule has 1 aliphatic heterocycles. The van der Waals surface area contributed by atoms with E-state index < -0.39 is 0 Å². The molecule has 29 heavy (non-hydrogen) atoms. The van der Waals surface area contributed by atoms with Crippen LogP contribution in [-0.4, -0.2) is 56.7 Å². The lowest BCUT2D eigenvalue weighted by atomic mass is 10.3. The van der Waals surface area contributed by atoms with Crippen LogP contribution in [0.2, 0.25) is 0 Å². The van der Waals surface area contributed by atoms with Crippen molar-refractivity contribution >= 4 is 29.1 Å². The summed E-state index contributed by atoms with van der Waals surface area (Å²) in [6, 6.07) is 7.99. The minimum atomic E-state index is 0.0558. The summed E-state index contributed by atoms with van der Waals surface area (Å²) >= 11 is 1.63. The predicted molar refractivity (Wildman–Crippen MR) is 116 cm³/mol. The first-order valence-electron chi connectivity index (χ1n) is 9.64. The Morgan fingerprint density at radius 2 is 1.83 bits per heavy atom. The largest absolute Gasteiger partial charge is 0.353 e. The van der Waals surface area contributed by atoms with E-state index in [0.29, 0.717) is 18.9 Å². The first kappa shape index (κ1) is 19.3. The summed E-state index contributed by atoms with van der Waals surface area (Å²) in [5, 5.41) is 6.54. The molecule has 0 unspecified atom stereocenters. The molecule has 7 nitrogen and oxygen atoms in total. The third-order valence-corrected chi connectivity index (χ3v) is 5.72. The molecule has 1 amide bonds. The van der Waals surface area contributed by atoms with E-state index in [9.17, 15) is 4.79 Å². The van der Waals surface area contributed by atoms with Crippen molar-refractivity contribution in [2.24, 2.45) is 0 Å². The van der Waals surface area contributed by atoms with Gasteiger partial charge in [-0.05, 0) is 44.4 Å². The topological polar surface area (TPSA) is 67.2 Å². The fraction of sp³-hybridized carbons (Fsp3) is 0.333. The molecule has 8 heteroatoms. The van der Waals surface area contributed by atoms with Crippen molar-refractivity contribution in [2.45, 2.75) is 20.8 Å². The molecule has 4 heterocycles. The van der Waals surface area contributed by atoms with Crippen molar-refractivity contribution < 1.29 is 4.79 Å². The fourth-order valence-electron chi connectivity index (χ4n) is 3.47. The zero-order valence-corrected chi connectivity index (χ0v) is 17.7. The van der Waals surface area contributed by atoms with Crippen LogP contribution in [0.1, 0.15) is 22.1 Å². The molecule has 1 fully saturated rings. The molecule has 3 aromatic rings. The Labute approximate surface area is 174 Å². The van der Waals surface area contributed by atoms with Gasteiger partial charge in [0, 0.05) is 48.9 Å². The molecule has 0 saturated carbocycles. The van der Waals surface area contributed by atoms with Crippen LogP contribution >= 0.6 is 11.3 Å². The maximum absolute atomic E-state index is 12.5. The second-order valence-corrected chi connectivity index (χ2v) is 8.11. The molecule has 0 atom stereocenters. The van der Waals surface area contributed by atoms with Gasteiger partial charge in [-0.1, -0.05) is 6.07 Å². The molecule has 0 radical (unpaired) electrons. The molecule has 0 N–H and O–H groups in total. The Morgan fingerprint density at radius 3 is 2.48 bits per heavy atom. The number of hydrogen-bond acceptors (Lipinski definition) is 6. The average molecular weight is 409 g/mol. The number of aryl methyl sites for hydroxylation is 3. The second-order valence-electron chi connectivity index (χ2n) is 7.13. The molecule has 1 saturated heterocycles. The molecule has 0 bridgehead atoms. The van der Waals surface area contributed by atoms with Crippen LogP contribution < -0.4 is 4.90 Å². The highest BCUT2D eigenvalue weighted by Gasteiger charge is 2.21. The van der Waals surface area contributed by atoms with Gasteiger partial charge < -0.3 is 9.80 Å². The Kier molecular flexibility index (Phi) is 5.44. The van der Waals surface area contributed by atoms with Gasteiger partial charge in [0.25, 0.3) is 0 Å². The minimum absolute atomic E-state index is 0.0558. The van der Waals surface area contributed by atoms with Crippen molar-refractivity contribution in [1.29, 1.82) is 0 Å². The van der Waals surface area contributed by atoms with Crippen LogP contribution in [0.25, 0.3) is 11.9 Å². The van der Waals surface area contributed by atoms with Gasteiger partial charge in [0.05, 0.1) is 5.69 Å². The Bertz CT molecular complexity index is 1030. The van der Waals surface area contributed by atoms with Gasteiger partial charge in [0.15, 0.2) is 5.82 Å². The van der Waals surface area contributed by atoms with Gasteiger partial charge in [0.1, 0.15) is 11.6 Å². The monoisotopic (exact) mass is 408 g/mol. The second kappa shape index (κ2) is 8.16. The number of thiophene rings is 1. The third-order valence-electron chi connectivity index (χ3n) is 4.89. The zero-order chi connectivity index (χ0) is 20.4. The zero-order valence-electron chi connectivity index (χ0n) is 16.9. The molecule has 0 aromatic carbocycles. The van der Waals surface area contributed by atoms with Crippen molar-refractivity contribution in [3.8, 4) is 5.82 Å². The van der Waals surface area contributed by atoms with E-state index in [1.807, 2.05) is 66.1 Å². The van der Waals surface area contributed by atoms with Crippen molar-refractivity contribution in [3.05, 3.63) is 57.8 Å². The number of amides is 1. The molecule has 150 valence electrons. The molecular formula is C21H24N6OS. The molecule has 0 aliphatic carbocycles. The lowest BCUT2D eigenvalue weighted by Gasteiger charge is -2.35. The minimum Gasteiger partial charge on any atom is -0.353 e. The average Bonchev–Trinajstić information content (AvgIpc) is 3.35. The molecule has 1 aliphatic rings. The van der Waals surface area contributed by atoms with E-state index in [1.54, 1.807) is 17.4 Å². The quantitative estimate of drug-likeness (QED) is 0.621. The Hall–Kier alpha value is -3.00. The van der Waals surface area contributed by atoms with Gasteiger partial charge in [-0.15, -0.1) is 11.3 Å². The van der Waals surface area contributed by atoms with Crippen molar-refractivity contribution in [3.63, 3.8) is 0 Å². The lowest BCUT2D eigenvalue weighted by molar-refractivity contribution is -0.126. The predicted octanol–water partition coefficient (Wildman–Crippen LogP) is 3.01. The van der Waals surface area contributed by atoms with Crippen LogP contribution in [-0.2, 0) is 4.79 Å². The SMILES string of the molecule is Cc1cc(C)n(-c2cc(N3CCN(C(=O)/C=C/c4cccs4)CC3)nc(C)n2)n1. The fourth-order valence-corrected chi connectivity index (χ4v) is 4.09. The molecule has 0 spiro atoms. The van der Waals surface area contributed by atoms with Gasteiger partial charge in [0.2, 0.25) is 5.91 Å². The number of nitrogens with zero attached hydrogens (tertiary/aromatic N) is 6. The summed E-state index contributed by atoms with van der Waals surface area (Å²) in [7, 11) is 0. The number of anilines is 1. The molecule has 3 aromatic heterocycles. The summed E-state index contributed by atoms with van der Waals surface area (Å²) in [5.41, 5.74) is 2.00. The van der Waals surface area contributed by atoms with Crippen LogP contribution in [0.5, 0.6) is 0 Å². The summed E-state index contributed by atoms with van der Waals surface area (Å²) in [6.07, 6.45) is 3.55. The van der Waals surface area contributed by atoms with E-state index in [1.165, 1.54) is 0 Å². The normalized spacial score (nSPS) is 14.7. The van der Waals surface area contributed by atoms with Crippen molar-refractivity contribution in [1.82, 2.24) is 24.6 Å². The van der Waals surface area contributed by atoms with E-state index in [-0.39, 0.29) is 5.91 Å². The highest BCUT2D eigenvalue weighted by Crippen LogP contribution is 2.19. The smallest absolute Gasteiger partial charge is 0.246 e. The van der Waals surface area contributed by atoms with Crippen molar-refractivity contribution in [2.75, 3.05) is 31.1 Å². The maximum atomic E-state index is 12.5. The summed E-state index contributed by atoms with van der Waals surface area (Å²) in [4.78, 5) is 26.8. The number of piperazine rings is 1. The van der Waals surface area contributed by atoms with Gasteiger partial charge in [-0.2, -0.15) is 5.10 Å². The molecule has 4 rings (SSSR count). The first-order chi connectivity index (χ1) is 14.0. The number of carbonyl (C=O) groups is 1. The van der Waals surface area contributed by atoms with Crippen LogP contribution in [0.15, 0.2) is 35.7 Å². The standard InChI is InChI=1S/C21H24N6OS/c1-15-13-16(2)27(24-15)20-14-19(22-17(3)23-20)25-8-10-26(11-9-25)21(28)7-6-18-5-4-12-29-18/h4-7,12-14H,8-11H2,1-3H3/b7-6+. The Morgan fingerprint density at radius 1 is 1.07 bits per heavy atom. The van der Waals surface area contributed by atoms with Crippen LogP contribution in [0.4, 0.5) is 5.82 Å². The highest BCUT2D eigenvalue weighted by molar-refractivity contribution is 7.10. The highest BCUT2D eigenvalue weighted by atomic mass is 32.1. The third kappa shape index (κ3) is 4.37. The maximum Gasteiger partial charge on any atom is 0.246 e. The van der Waals surface area contributed by atoms with Gasteiger partial charge in [-0.3, -0.25) is 4.79 Å². The van der Waals surface area contributed by atoms with E-state index >= 15 is 0 Å². The van der Waals surface area contributed by atoms with E-state index in [0.717, 1.165) is 41.0 Å². The lowest BCUT2D eigenvalue weighted by Crippen LogP contribution is -2.48. The van der Waals surface area contributed by atoms with E-state index in [2.05, 4.69) is 20.0 Å². The first-order valence-corrected chi connectivity index (χ1v) is 10.5. The molecular weight excluding hydrogens is 384 g/mol. The van der Waals surface area contributed by atoms with Gasteiger partial charge >= 0.3 is 0 Å². The van der Waals surface area contributed by atoms with Crippen LogP contribution in [0, 0.1) is 20.8 Å². The van der Waals surface area contributed by atoms with E-state index in [4.69, 9.17) is 0 Å². The van der Waals surface area contributed by atoms with Crippen LogP contribution in [0.3, 0.4) is 0 Å². The number of carbonyl (C=O) groups excluding carboxylic acids is 1. The number of aromatic nitrogens is 4. The summed E-state index contributed by atoms with van der Waals surface area (Å²) < 4.78 is 1.85. The summed E-state index contributed by atoms with van der Waals surface area (Å²) in [5.74, 6) is 2.42. The summed E-state index contributed by atoms with van der Waals surface area (Å²) in [6.45, 7) is 8.72.